The molecule has 1 aromatic carbocycles. The molecule has 2 aromatic heterocycles. The van der Waals surface area contributed by atoms with E-state index in [1.54, 1.807) is 18.5 Å². The summed E-state index contributed by atoms with van der Waals surface area (Å²) in [7, 11) is 2.06. The van der Waals surface area contributed by atoms with Crippen molar-refractivity contribution in [3.8, 4) is 0 Å². The maximum Gasteiger partial charge on any atom is 0.312 e. The van der Waals surface area contributed by atoms with Gasteiger partial charge < -0.3 is 9.32 Å². The van der Waals surface area contributed by atoms with Crippen molar-refractivity contribution in [2.24, 2.45) is 0 Å². The minimum atomic E-state index is -0.359. The van der Waals surface area contributed by atoms with Gasteiger partial charge in [0, 0.05) is 11.8 Å². The first-order chi connectivity index (χ1) is 11.9. The maximum absolute atomic E-state index is 11.2. The van der Waals surface area contributed by atoms with Crippen LogP contribution in [-0.4, -0.2) is 21.8 Å². The molecular weight excluding hydrogens is 320 g/mol. The number of nitrogens with one attached hydrogen (secondary N) is 1. The van der Waals surface area contributed by atoms with Gasteiger partial charge in [-0.3, -0.25) is 10.1 Å². The zero-order chi connectivity index (χ0) is 18.1. The van der Waals surface area contributed by atoms with Crippen molar-refractivity contribution < 1.29 is 14.2 Å². The molecule has 0 saturated heterocycles. The number of nitrogens with zero attached hydrogens (tertiary/aromatic N) is 3. The molecule has 3 aromatic rings. The van der Waals surface area contributed by atoms with Crippen molar-refractivity contribution in [1.29, 1.82) is 0 Å². The number of benzene rings is 1. The minimum absolute atomic E-state index is 0.107. The number of fused-ring (bicyclic) bond motifs is 1. The average Bonchev–Trinajstić information content (AvgIpc) is 3.05. The maximum atomic E-state index is 11.2. The van der Waals surface area contributed by atoms with Crippen molar-refractivity contribution in [2.45, 2.75) is 40.4 Å². The van der Waals surface area contributed by atoms with E-state index in [9.17, 15) is 10.1 Å². The van der Waals surface area contributed by atoms with Crippen LogP contribution in [0.2, 0.25) is 0 Å². The van der Waals surface area contributed by atoms with Crippen LogP contribution in [0.5, 0.6) is 0 Å². The molecule has 2 heterocycles. The SMILES string of the molecule is CCc1oc2ccccc2c1C[NH+](C)Cn1nc(C)c([N+](=O)[O-])c1C. The van der Waals surface area contributed by atoms with E-state index in [2.05, 4.69) is 25.1 Å². The predicted molar refractivity (Wildman–Crippen MR) is 94.5 cm³/mol. The first kappa shape index (κ1) is 17.2. The quantitative estimate of drug-likeness (QED) is 0.551. The molecule has 3 rings (SSSR count). The number of para-hydroxylation sites is 1. The van der Waals surface area contributed by atoms with Gasteiger partial charge >= 0.3 is 5.69 Å². The molecule has 0 aliphatic carbocycles. The fraction of sp³-hybridized carbons (Fsp3) is 0.389. The highest BCUT2D eigenvalue weighted by molar-refractivity contribution is 5.82. The molecule has 7 heteroatoms. The Balaban J connectivity index is 1.85. The largest absolute Gasteiger partial charge is 0.461 e. The molecular formula is C18H23N4O3+. The average molecular weight is 343 g/mol. The standard InChI is InChI=1S/C18H22N4O3/c1-5-16-15(14-8-6-7-9-17(14)25-16)10-20(4)11-21-13(3)18(22(23)24)12(2)19-21/h6-9H,5,10-11H2,1-4H3/p+1. The van der Waals surface area contributed by atoms with Crippen LogP contribution in [0.1, 0.15) is 29.6 Å². The van der Waals surface area contributed by atoms with Crippen LogP contribution in [0.15, 0.2) is 28.7 Å². The Morgan fingerprint density at radius 2 is 2.04 bits per heavy atom. The molecule has 0 fully saturated rings. The fourth-order valence-corrected chi connectivity index (χ4v) is 3.35. The second-order valence-electron chi connectivity index (χ2n) is 6.42. The molecule has 0 radical (unpaired) electrons. The molecule has 1 N–H and O–H groups in total. The van der Waals surface area contributed by atoms with Crippen LogP contribution in [0.3, 0.4) is 0 Å². The van der Waals surface area contributed by atoms with Gasteiger partial charge in [0.05, 0.1) is 17.5 Å². The molecule has 0 aliphatic rings. The third-order valence-electron chi connectivity index (χ3n) is 4.53. The Labute approximate surface area is 146 Å². The zero-order valence-corrected chi connectivity index (χ0v) is 15.0. The van der Waals surface area contributed by atoms with E-state index in [4.69, 9.17) is 4.42 Å². The number of furan rings is 1. The Morgan fingerprint density at radius 3 is 2.68 bits per heavy atom. The van der Waals surface area contributed by atoms with E-state index >= 15 is 0 Å². The Bertz CT molecular complexity index is 926. The fourth-order valence-electron chi connectivity index (χ4n) is 3.35. The van der Waals surface area contributed by atoms with Crippen molar-refractivity contribution in [1.82, 2.24) is 9.78 Å². The summed E-state index contributed by atoms with van der Waals surface area (Å²) in [6.07, 6.45) is 0.836. The van der Waals surface area contributed by atoms with Crippen LogP contribution in [0.25, 0.3) is 11.0 Å². The molecule has 1 atom stereocenters. The number of hydrogen-bond acceptors (Lipinski definition) is 4. The summed E-state index contributed by atoms with van der Waals surface area (Å²) in [4.78, 5) is 12.0. The number of rotatable bonds is 6. The molecule has 132 valence electrons. The van der Waals surface area contributed by atoms with Gasteiger partial charge in [-0.05, 0) is 19.9 Å². The lowest BCUT2D eigenvalue weighted by Gasteiger charge is -2.15. The van der Waals surface area contributed by atoms with Gasteiger partial charge in [0.15, 0.2) is 6.67 Å². The number of quaternary nitrogens is 1. The molecule has 0 aliphatic heterocycles. The van der Waals surface area contributed by atoms with Crippen molar-refractivity contribution >= 4 is 16.7 Å². The van der Waals surface area contributed by atoms with Crippen molar-refractivity contribution in [3.63, 3.8) is 0 Å². The lowest BCUT2D eigenvalue weighted by molar-refractivity contribution is -0.917. The minimum Gasteiger partial charge on any atom is -0.461 e. The molecule has 0 bridgehead atoms. The highest BCUT2D eigenvalue weighted by Crippen LogP contribution is 2.25. The molecule has 0 spiro atoms. The van der Waals surface area contributed by atoms with Crippen LogP contribution in [0.4, 0.5) is 5.69 Å². The molecule has 0 saturated carbocycles. The topological polar surface area (TPSA) is 78.5 Å². The zero-order valence-electron chi connectivity index (χ0n) is 15.0. The second-order valence-corrected chi connectivity index (χ2v) is 6.42. The summed E-state index contributed by atoms with van der Waals surface area (Å²) < 4.78 is 7.67. The Hall–Kier alpha value is -2.67. The Morgan fingerprint density at radius 1 is 1.32 bits per heavy atom. The monoisotopic (exact) mass is 343 g/mol. The van der Waals surface area contributed by atoms with Gasteiger partial charge in [-0.1, -0.05) is 25.1 Å². The summed E-state index contributed by atoms with van der Waals surface area (Å²) in [5.41, 5.74) is 3.26. The second kappa shape index (κ2) is 6.68. The van der Waals surface area contributed by atoms with Gasteiger partial charge in [0.25, 0.3) is 0 Å². The van der Waals surface area contributed by atoms with Crippen LogP contribution < -0.4 is 4.90 Å². The van der Waals surface area contributed by atoms with E-state index in [-0.39, 0.29) is 10.6 Å². The van der Waals surface area contributed by atoms with Crippen molar-refractivity contribution in [3.05, 3.63) is 57.1 Å². The lowest BCUT2D eigenvalue weighted by Crippen LogP contribution is -3.07. The van der Waals surface area contributed by atoms with Crippen LogP contribution in [0, 0.1) is 24.0 Å². The molecule has 0 amide bonds. The van der Waals surface area contributed by atoms with Gasteiger partial charge in [-0.15, -0.1) is 0 Å². The summed E-state index contributed by atoms with van der Waals surface area (Å²) in [6.45, 7) is 6.84. The van der Waals surface area contributed by atoms with Gasteiger partial charge in [-0.2, -0.15) is 5.10 Å². The third-order valence-corrected chi connectivity index (χ3v) is 4.53. The summed E-state index contributed by atoms with van der Waals surface area (Å²) in [5, 5.41) is 16.6. The molecule has 25 heavy (non-hydrogen) atoms. The van der Waals surface area contributed by atoms with E-state index < -0.39 is 0 Å². The van der Waals surface area contributed by atoms with Gasteiger partial charge in [-0.25, -0.2) is 4.68 Å². The Kier molecular flexibility index (Phi) is 4.59. The number of aromatic nitrogens is 2. The molecule has 1 unspecified atom stereocenters. The number of nitro groups is 1. The molecule has 7 nitrogen and oxygen atoms in total. The van der Waals surface area contributed by atoms with Gasteiger partial charge in [0.2, 0.25) is 0 Å². The van der Waals surface area contributed by atoms with E-state index in [1.807, 2.05) is 18.2 Å². The van der Waals surface area contributed by atoms with E-state index in [1.165, 1.54) is 10.5 Å². The highest BCUT2D eigenvalue weighted by Gasteiger charge is 2.24. The lowest BCUT2D eigenvalue weighted by atomic mass is 10.1. The van der Waals surface area contributed by atoms with Gasteiger partial charge in [0.1, 0.15) is 29.3 Å². The predicted octanol–water partition coefficient (Wildman–Crippen LogP) is 2.39. The third kappa shape index (κ3) is 3.15. The first-order valence-corrected chi connectivity index (χ1v) is 8.41. The summed E-state index contributed by atoms with van der Waals surface area (Å²) in [6, 6.07) is 8.05. The van der Waals surface area contributed by atoms with Crippen molar-refractivity contribution in [2.75, 3.05) is 7.05 Å². The normalized spacial score (nSPS) is 12.6. The van der Waals surface area contributed by atoms with E-state index in [0.717, 1.165) is 29.7 Å². The number of hydrogen-bond donors (Lipinski definition) is 1. The summed E-state index contributed by atoms with van der Waals surface area (Å²) in [5.74, 6) is 1.000. The summed E-state index contributed by atoms with van der Waals surface area (Å²) >= 11 is 0. The number of aryl methyl sites for hydroxylation is 2. The van der Waals surface area contributed by atoms with Crippen LogP contribution >= 0.6 is 0 Å². The smallest absolute Gasteiger partial charge is 0.312 e. The highest BCUT2D eigenvalue weighted by atomic mass is 16.6. The van der Waals surface area contributed by atoms with E-state index in [0.29, 0.717) is 18.1 Å². The first-order valence-electron chi connectivity index (χ1n) is 8.41. The van der Waals surface area contributed by atoms with Crippen LogP contribution in [-0.2, 0) is 19.6 Å².